The second-order valence-electron chi connectivity index (χ2n) is 6.02. The molecule has 1 N–H and O–H groups in total. The summed E-state index contributed by atoms with van der Waals surface area (Å²) >= 11 is 0. The Bertz CT molecular complexity index is 431. The number of piperidine rings is 1. The molecule has 0 saturated carbocycles. The topological polar surface area (TPSA) is 69.7 Å². The van der Waals surface area contributed by atoms with E-state index in [4.69, 9.17) is 0 Å². The molecular formula is C15H31N3O3S. The van der Waals surface area contributed by atoms with Gasteiger partial charge in [0, 0.05) is 32.1 Å². The number of likely N-dealkylation sites (N-methyl/N-ethyl adjacent to an activating group) is 1. The minimum atomic E-state index is -3.11. The summed E-state index contributed by atoms with van der Waals surface area (Å²) in [6.07, 6.45) is 3.60. The third-order valence-electron chi connectivity index (χ3n) is 4.27. The summed E-state index contributed by atoms with van der Waals surface area (Å²) in [5.41, 5.74) is 0. The van der Waals surface area contributed by atoms with Crippen LogP contribution in [0.3, 0.4) is 0 Å². The van der Waals surface area contributed by atoms with Crippen LogP contribution in [0.15, 0.2) is 0 Å². The summed E-state index contributed by atoms with van der Waals surface area (Å²) < 4.78 is 25.1. The molecule has 22 heavy (non-hydrogen) atoms. The van der Waals surface area contributed by atoms with E-state index in [1.54, 1.807) is 6.92 Å². The standard InChI is InChI=1S/C15H31N3O3S/c1-4-6-10-17(3)13-9-16-15(19)14-7-11-18(12-8-14)22(20,21)5-2/h14H,4-13H2,1-3H3,(H,16,19). The highest BCUT2D eigenvalue weighted by Crippen LogP contribution is 2.19. The zero-order valence-electron chi connectivity index (χ0n) is 14.2. The number of sulfonamides is 1. The highest BCUT2D eigenvalue weighted by atomic mass is 32.2. The Morgan fingerprint density at radius 3 is 2.41 bits per heavy atom. The van der Waals surface area contributed by atoms with Crippen LogP contribution < -0.4 is 5.32 Å². The van der Waals surface area contributed by atoms with Crippen molar-refractivity contribution in [2.24, 2.45) is 5.92 Å². The third-order valence-corrected chi connectivity index (χ3v) is 6.15. The van der Waals surface area contributed by atoms with Gasteiger partial charge in [0.25, 0.3) is 0 Å². The molecule has 1 aliphatic heterocycles. The number of hydrogen-bond donors (Lipinski definition) is 1. The summed E-state index contributed by atoms with van der Waals surface area (Å²) in [7, 11) is -1.05. The van der Waals surface area contributed by atoms with Gasteiger partial charge in [0.2, 0.25) is 15.9 Å². The Morgan fingerprint density at radius 2 is 1.86 bits per heavy atom. The molecular weight excluding hydrogens is 302 g/mol. The highest BCUT2D eigenvalue weighted by molar-refractivity contribution is 7.89. The van der Waals surface area contributed by atoms with Crippen LogP contribution in [0.2, 0.25) is 0 Å². The maximum atomic E-state index is 12.1. The Balaban J connectivity index is 2.26. The molecule has 0 bridgehead atoms. The second-order valence-corrected chi connectivity index (χ2v) is 8.28. The van der Waals surface area contributed by atoms with E-state index >= 15 is 0 Å². The minimum Gasteiger partial charge on any atom is -0.355 e. The zero-order valence-corrected chi connectivity index (χ0v) is 15.0. The van der Waals surface area contributed by atoms with Gasteiger partial charge in [-0.3, -0.25) is 4.79 Å². The highest BCUT2D eigenvalue weighted by Gasteiger charge is 2.29. The molecule has 1 rings (SSSR count). The predicted molar refractivity (Wildman–Crippen MR) is 89.2 cm³/mol. The molecule has 130 valence electrons. The number of carbonyl (C=O) groups excluding carboxylic acids is 1. The second kappa shape index (κ2) is 9.47. The quantitative estimate of drug-likeness (QED) is 0.680. The van der Waals surface area contributed by atoms with Crippen LogP contribution in [0.4, 0.5) is 0 Å². The molecule has 0 aliphatic carbocycles. The molecule has 1 fully saturated rings. The number of amides is 1. The number of hydrogen-bond acceptors (Lipinski definition) is 4. The molecule has 0 radical (unpaired) electrons. The van der Waals surface area contributed by atoms with E-state index in [-0.39, 0.29) is 17.6 Å². The Morgan fingerprint density at radius 1 is 1.23 bits per heavy atom. The molecule has 1 aliphatic rings. The van der Waals surface area contributed by atoms with Crippen LogP contribution in [0.1, 0.15) is 39.5 Å². The lowest BCUT2D eigenvalue weighted by Crippen LogP contribution is -2.44. The van der Waals surface area contributed by atoms with Gasteiger partial charge in [0.15, 0.2) is 0 Å². The van der Waals surface area contributed by atoms with Gasteiger partial charge in [-0.15, -0.1) is 0 Å². The first kappa shape index (κ1) is 19.4. The van der Waals surface area contributed by atoms with E-state index in [0.717, 1.165) is 13.1 Å². The van der Waals surface area contributed by atoms with Gasteiger partial charge in [-0.05, 0) is 39.8 Å². The molecule has 1 saturated heterocycles. The first-order valence-electron chi connectivity index (χ1n) is 8.34. The van der Waals surface area contributed by atoms with Crippen molar-refractivity contribution in [3.05, 3.63) is 0 Å². The molecule has 7 heteroatoms. The van der Waals surface area contributed by atoms with Crippen molar-refractivity contribution in [2.45, 2.75) is 39.5 Å². The van der Waals surface area contributed by atoms with Gasteiger partial charge >= 0.3 is 0 Å². The number of nitrogens with zero attached hydrogens (tertiary/aromatic N) is 2. The monoisotopic (exact) mass is 333 g/mol. The molecule has 0 aromatic heterocycles. The largest absolute Gasteiger partial charge is 0.355 e. The lowest BCUT2D eigenvalue weighted by Gasteiger charge is -2.30. The van der Waals surface area contributed by atoms with Crippen molar-refractivity contribution < 1.29 is 13.2 Å². The van der Waals surface area contributed by atoms with Crippen molar-refractivity contribution in [3.8, 4) is 0 Å². The maximum absolute atomic E-state index is 12.1. The summed E-state index contributed by atoms with van der Waals surface area (Å²) in [6, 6.07) is 0. The average Bonchev–Trinajstić information content (AvgIpc) is 2.52. The normalized spacial score (nSPS) is 17.8. The van der Waals surface area contributed by atoms with Gasteiger partial charge in [-0.25, -0.2) is 12.7 Å². The fourth-order valence-electron chi connectivity index (χ4n) is 2.63. The summed E-state index contributed by atoms with van der Waals surface area (Å²) in [6.45, 7) is 7.32. The molecule has 6 nitrogen and oxygen atoms in total. The molecule has 0 aromatic carbocycles. The summed E-state index contributed by atoms with van der Waals surface area (Å²) in [4.78, 5) is 14.3. The van der Waals surface area contributed by atoms with Gasteiger partial charge in [-0.1, -0.05) is 13.3 Å². The Hall–Kier alpha value is -0.660. The molecule has 1 heterocycles. The van der Waals surface area contributed by atoms with Crippen LogP contribution in [0, 0.1) is 5.92 Å². The number of carbonyl (C=O) groups is 1. The zero-order chi connectivity index (χ0) is 16.6. The summed E-state index contributed by atoms with van der Waals surface area (Å²) in [5, 5.41) is 2.98. The van der Waals surface area contributed by atoms with E-state index in [0.29, 0.717) is 32.5 Å². The molecule has 1 amide bonds. The van der Waals surface area contributed by atoms with E-state index < -0.39 is 10.0 Å². The molecule has 0 unspecified atom stereocenters. The summed E-state index contributed by atoms with van der Waals surface area (Å²) in [5.74, 6) is 0.148. The Kier molecular flexibility index (Phi) is 8.35. The fourth-order valence-corrected chi connectivity index (χ4v) is 3.77. The third kappa shape index (κ3) is 6.22. The van der Waals surface area contributed by atoms with Gasteiger partial charge in [-0.2, -0.15) is 0 Å². The van der Waals surface area contributed by atoms with Crippen molar-refractivity contribution in [3.63, 3.8) is 0 Å². The van der Waals surface area contributed by atoms with Gasteiger partial charge in [0.05, 0.1) is 5.75 Å². The van der Waals surface area contributed by atoms with Crippen molar-refractivity contribution in [1.29, 1.82) is 0 Å². The van der Waals surface area contributed by atoms with Gasteiger partial charge < -0.3 is 10.2 Å². The van der Waals surface area contributed by atoms with Crippen molar-refractivity contribution >= 4 is 15.9 Å². The van der Waals surface area contributed by atoms with Crippen LogP contribution in [0.5, 0.6) is 0 Å². The van der Waals surface area contributed by atoms with Crippen LogP contribution in [-0.2, 0) is 14.8 Å². The smallest absolute Gasteiger partial charge is 0.223 e. The first-order valence-corrected chi connectivity index (χ1v) is 9.95. The number of rotatable bonds is 9. The lowest BCUT2D eigenvalue weighted by atomic mass is 9.97. The average molecular weight is 333 g/mol. The lowest BCUT2D eigenvalue weighted by molar-refractivity contribution is -0.126. The van der Waals surface area contributed by atoms with Crippen LogP contribution in [0.25, 0.3) is 0 Å². The SMILES string of the molecule is CCCCN(C)CCNC(=O)C1CCN(S(=O)(=O)CC)CC1. The molecule has 0 spiro atoms. The van der Waals surface area contributed by atoms with E-state index in [2.05, 4.69) is 24.2 Å². The van der Waals surface area contributed by atoms with E-state index in [9.17, 15) is 13.2 Å². The maximum Gasteiger partial charge on any atom is 0.223 e. The number of nitrogens with one attached hydrogen (secondary N) is 1. The molecule has 0 atom stereocenters. The predicted octanol–water partition coefficient (Wildman–Crippen LogP) is 0.896. The van der Waals surface area contributed by atoms with Crippen LogP contribution >= 0.6 is 0 Å². The van der Waals surface area contributed by atoms with E-state index in [1.807, 2.05) is 0 Å². The fraction of sp³-hybridized carbons (Fsp3) is 0.933. The van der Waals surface area contributed by atoms with E-state index in [1.165, 1.54) is 17.1 Å². The van der Waals surface area contributed by atoms with Gasteiger partial charge in [0.1, 0.15) is 0 Å². The number of unbranched alkanes of at least 4 members (excludes halogenated alkanes) is 1. The Labute approximate surface area is 135 Å². The minimum absolute atomic E-state index is 0.0516. The molecule has 0 aromatic rings. The van der Waals surface area contributed by atoms with Crippen LogP contribution in [-0.4, -0.2) is 69.1 Å². The van der Waals surface area contributed by atoms with Crippen molar-refractivity contribution in [1.82, 2.24) is 14.5 Å². The van der Waals surface area contributed by atoms with Crippen molar-refractivity contribution in [2.75, 3.05) is 45.5 Å². The first-order chi connectivity index (χ1) is 10.4.